The quantitative estimate of drug-likeness (QED) is 0.667. The van der Waals surface area contributed by atoms with E-state index in [4.69, 9.17) is 5.11 Å². The highest BCUT2D eigenvalue weighted by Crippen LogP contribution is 2.08. The molecule has 0 saturated heterocycles. The molecule has 1 aromatic rings. The summed E-state index contributed by atoms with van der Waals surface area (Å²) in [4.78, 5) is 17.6. The van der Waals surface area contributed by atoms with Crippen LogP contribution in [0.1, 0.15) is 50.0 Å². The van der Waals surface area contributed by atoms with Gasteiger partial charge in [0.05, 0.1) is 0 Å². The number of carbonyl (C=O) groups is 1. The number of nitrogens with zero attached hydrogens (tertiary/aromatic N) is 1. The zero-order valence-electron chi connectivity index (χ0n) is 9.83. The Bertz CT molecular complexity index is 321. The second kappa shape index (κ2) is 7.04. The first kappa shape index (κ1) is 12.7. The minimum Gasteiger partial charge on any atom is -0.481 e. The summed E-state index contributed by atoms with van der Waals surface area (Å²) in [5.74, 6) is 0.282. The molecule has 0 aliphatic rings. The van der Waals surface area contributed by atoms with E-state index in [1.54, 1.807) is 0 Å². The summed E-state index contributed by atoms with van der Waals surface area (Å²) in [7, 11) is 0. The number of imidazole rings is 1. The highest BCUT2D eigenvalue weighted by molar-refractivity contribution is 5.66. The van der Waals surface area contributed by atoms with Crippen LogP contribution >= 0.6 is 0 Å². The molecule has 1 aromatic heterocycles. The number of nitrogens with one attached hydrogen (secondary N) is 1. The molecule has 0 aromatic carbocycles. The monoisotopic (exact) mass is 224 g/mol. The molecule has 0 saturated carbocycles. The maximum atomic E-state index is 10.3. The lowest BCUT2D eigenvalue weighted by molar-refractivity contribution is -0.137. The summed E-state index contributed by atoms with van der Waals surface area (Å²) in [6, 6.07) is 0. The molecule has 0 amide bonds. The van der Waals surface area contributed by atoms with Gasteiger partial charge < -0.3 is 10.1 Å². The third-order valence-corrected chi connectivity index (χ3v) is 2.59. The summed E-state index contributed by atoms with van der Waals surface area (Å²) in [5, 5.41) is 8.46. The molecule has 0 unspecified atom stereocenters. The van der Waals surface area contributed by atoms with E-state index in [-0.39, 0.29) is 0 Å². The van der Waals surface area contributed by atoms with Gasteiger partial charge in [0.15, 0.2) is 0 Å². The van der Waals surface area contributed by atoms with Crippen molar-refractivity contribution in [2.45, 2.75) is 51.9 Å². The lowest BCUT2D eigenvalue weighted by atomic mass is 10.1. The topological polar surface area (TPSA) is 66.0 Å². The summed E-state index contributed by atoms with van der Waals surface area (Å²) >= 11 is 0. The van der Waals surface area contributed by atoms with E-state index < -0.39 is 5.97 Å². The van der Waals surface area contributed by atoms with E-state index >= 15 is 0 Å². The molecular weight excluding hydrogens is 204 g/mol. The number of aryl methyl sites for hydroxylation is 2. The Hall–Kier alpha value is -1.32. The number of H-pyrrole nitrogens is 1. The number of unbranched alkanes of at least 4 members (excludes halogenated alkanes) is 4. The predicted octanol–water partition coefficient (Wildman–Crippen LogP) is 2.69. The molecule has 1 rings (SSSR count). The van der Waals surface area contributed by atoms with Gasteiger partial charge in [0.1, 0.15) is 5.82 Å². The van der Waals surface area contributed by atoms with Crippen molar-refractivity contribution in [1.29, 1.82) is 0 Å². The SMILES string of the molecule is Cc1ncc(CCCCCCCC(=O)O)[nH]1. The fourth-order valence-corrected chi connectivity index (χ4v) is 1.72. The average molecular weight is 224 g/mol. The van der Waals surface area contributed by atoms with Gasteiger partial charge >= 0.3 is 5.97 Å². The molecule has 1 heterocycles. The van der Waals surface area contributed by atoms with Crippen LogP contribution in [0.15, 0.2) is 6.20 Å². The second-order valence-electron chi connectivity index (χ2n) is 4.16. The van der Waals surface area contributed by atoms with Crippen molar-refractivity contribution in [3.05, 3.63) is 17.7 Å². The minimum absolute atomic E-state index is 0.305. The van der Waals surface area contributed by atoms with Crippen molar-refractivity contribution >= 4 is 5.97 Å². The number of aromatic nitrogens is 2. The van der Waals surface area contributed by atoms with Crippen molar-refractivity contribution in [3.8, 4) is 0 Å². The molecule has 90 valence electrons. The molecule has 0 spiro atoms. The first-order chi connectivity index (χ1) is 7.68. The van der Waals surface area contributed by atoms with Crippen LogP contribution in [0.25, 0.3) is 0 Å². The van der Waals surface area contributed by atoms with Crippen LogP contribution in [0.3, 0.4) is 0 Å². The maximum Gasteiger partial charge on any atom is 0.303 e. The molecule has 0 aliphatic heterocycles. The number of carboxylic acids is 1. The normalized spacial score (nSPS) is 10.6. The smallest absolute Gasteiger partial charge is 0.303 e. The Morgan fingerprint density at radius 3 is 2.62 bits per heavy atom. The van der Waals surface area contributed by atoms with Crippen LogP contribution in [0, 0.1) is 6.92 Å². The number of hydrogen-bond donors (Lipinski definition) is 2. The van der Waals surface area contributed by atoms with E-state index in [1.807, 2.05) is 13.1 Å². The summed E-state index contributed by atoms with van der Waals surface area (Å²) < 4.78 is 0. The first-order valence-corrected chi connectivity index (χ1v) is 5.91. The number of hydrogen-bond acceptors (Lipinski definition) is 2. The van der Waals surface area contributed by atoms with E-state index in [1.165, 1.54) is 5.69 Å². The van der Waals surface area contributed by atoms with Crippen molar-refractivity contribution in [1.82, 2.24) is 9.97 Å². The molecule has 0 aliphatic carbocycles. The molecule has 0 radical (unpaired) electrons. The van der Waals surface area contributed by atoms with E-state index in [0.29, 0.717) is 6.42 Å². The Morgan fingerprint density at radius 1 is 1.31 bits per heavy atom. The fraction of sp³-hybridized carbons (Fsp3) is 0.667. The molecule has 0 bridgehead atoms. The molecule has 4 heteroatoms. The fourth-order valence-electron chi connectivity index (χ4n) is 1.72. The van der Waals surface area contributed by atoms with Gasteiger partial charge in [0.2, 0.25) is 0 Å². The van der Waals surface area contributed by atoms with Gasteiger partial charge in [0.25, 0.3) is 0 Å². The zero-order valence-corrected chi connectivity index (χ0v) is 9.83. The Kier molecular flexibility index (Phi) is 5.61. The third-order valence-electron chi connectivity index (χ3n) is 2.59. The van der Waals surface area contributed by atoms with Crippen molar-refractivity contribution in [2.24, 2.45) is 0 Å². The van der Waals surface area contributed by atoms with Crippen LogP contribution in [-0.2, 0) is 11.2 Å². The van der Waals surface area contributed by atoms with Crippen molar-refractivity contribution < 1.29 is 9.90 Å². The van der Waals surface area contributed by atoms with Gasteiger partial charge in [-0.25, -0.2) is 4.98 Å². The minimum atomic E-state index is -0.687. The van der Waals surface area contributed by atoms with Crippen molar-refractivity contribution in [2.75, 3.05) is 0 Å². The summed E-state index contributed by atoms with van der Waals surface area (Å²) in [6.45, 7) is 1.95. The predicted molar refractivity (Wildman–Crippen MR) is 62.4 cm³/mol. The molecule has 16 heavy (non-hydrogen) atoms. The molecule has 0 fully saturated rings. The average Bonchev–Trinajstić information content (AvgIpc) is 2.62. The van der Waals surface area contributed by atoms with Crippen LogP contribution < -0.4 is 0 Å². The van der Waals surface area contributed by atoms with Crippen LogP contribution in [0.4, 0.5) is 0 Å². The molecular formula is C12H20N2O2. The van der Waals surface area contributed by atoms with Crippen LogP contribution in [-0.4, -0.2) is 21.0 Å². The number of rotatable bonds is 8. The van der Waals surface area contributed by atoms with Gasteiger partial charge in [-0.05, 0) is 26.2 Å². The van der Waals surface area contributed by atoms with Gasteiger partial charge in [-0.3, -0.25) is 4.79 Å². The summed E-state index contributed by atoms with van der Waals surface area (Å²) in [5.41, 5.74) is 1.20. The lowest BCUT2D eigenvalue weighted by Crippen LogP contribution is -1.93. The maximum absolute atomic E-state index is 10.3. The Balaban J connectivity index is 1.94. The van der Waals surface area contributed by atoms with E-state index in [0.717, 1.165) is 44.3 Å². The third kappa shape index (κ3) is 5.53. The van der Waals surface area contributed by atoms with Crippen molar-refractivity contribution in [3.63, 3.8) is 0 Å². The first-order valence-electron chi connectivity index (χ1n) is 5.91. The highest BCUT2D eigenvalue weighted by Gasteiger charge is 1.98. The molecule has 0 atom stereocenters. The molecule has 2 N–H and O–H groups in total. The van der Waals surface area contributed by atoms with Crippen LogP contribution in [0.5, 0.6) is 0 Å². The summed E-state index contributed by atoms with van der Waals surface area (Å²) in [6.07, 6.45) is 8.50. The van der Waals surface area contributed by atoms with Gasteiger partial charge in [-0.2, -0.15) is 0 Å². The van der Waals surface area contributed by atoms with Gasteiger partial charge in [-0.1, -0.05) is 19.3 Å². The lowest BCUT2D eigenvalue weighted by Gasteiger charge is -1.99. The number of aliphatic carboxylic acids is 1. The van der Waals surface area contributed by atoms with Gasteiger partial charge in [-0.15, -0.1) is 0 Å². The Labute approximate surface area is 96.1 Å². The number of aromatic amines is 1. The second-order valence-corrected chi connectivity index (χ2v) is 4.16. The van der Waals surface area contributed by atoms with Crippen LogP contribution in [0.2, 0.25) is 0 Å². The standard InChI is InChI=1S/C12H20N2O2/c1-10-13-9-11(14-10)7-5-3-2-4-6-8-12(15)16/h9H,2-8H2,1H3,(H,13,14)(H,15,16). The number of carboxylic acid groups (broad SMARTS) is 1. The Morgan fingerprint density at radius 2 is 2.00 bits per heavy atom. The largest absolute Gasteiger partial charge is 0.481 e. The highest BCUT2D eigenvalue weighted by atomic mass is 16.4. The van der Waals surface area contributed by atoms with Gasteiger partial charge in [0, 0.05) is 18.3 Å². The zero-order chi connectivity index (χ0) is 11.8. The van der Waals surface area contributed by atoms with E-state index in [2.05, 4.69) is 9.97 Å². The molecule has 4 nitrogen and oxygen atoms in total. The van der Waals surface area contributed by atoms with E-state index in [9.17, 15) is 4.79 Å².